The molecule has 0 amide bonds. The maximum atomic E-state index is 9.24. The van der Waals surface area contributed by atoms with Gasteiger partial charge in [-0.1, -0.05) is 25.5 Å². The van der Waals surface area contributed by atoms with Crippen molar-refractivity contribution in [3.05, 3.63) is 35.8 Å². The van der Waals surface area contributed by atoms with E-state index in [9.17, 15) is 5.26 Å². The fraction of sp³-hybridized carbons (Fsp3) is 0.375. The van der Waals surface area contributed by atoms with Crippen molar-refractivity contribution in [1.29, 1.82) is 5.26 Å². The molecule has 0 aliphatic heterocycles. The third-order valence-corrected chi connectivity index (χ3v) is 3.34. The first-order valence-electron chi connectivity index (χ1n) is 6.66. The van der Waals surface area contributed by atoms with Crippen LogP contribution in [0.1, 0.15) is 31.2 Å². The number of imidazole rings is 1. The van der Waals surface area contributed by atoms with Gasteiger partial charge >= 0.3 is 0 Å². The normalized spacial score (nSPS) is 12.2. The second kappa shape index (κ2) is 5.79. The van der Waals surface area contributed by atoms with E-state index in [1.165, 1.54) is 0 Å². The third-order valence-electron chi connectivity index (χ3n) is 3.34. The Kier molecular flexibility index (Phi) is 4.09. The number of benzene rings is 1. The molecule has 0 saturated heterocycles. The lowest BCUT2D eigenvalue weighted by Crippen LogP contribution is -2.05. The van der Waals surface area contributed by atoms with E-state index < -0.39 is 0 Å². The lowest BCUT2D eigenvalue weighted by molar-refractivity contribution is 0.416. The Balaban J connectivity index is 2.43. The van der Waals surface area contributed by atoms with Crippen molar-refractivity contribution in [2.75, 3.05) is 7.11 Å². The fourth-order valence-corrected chi connectivity index (χ4v) is 2.19. The van der Waals surface area contributed by atoms with Gasteiger partial charge in [0.25, 0.3) is 0 Å². The van der Waals surface area contributed by atoms with Gasteiger partial charge in [-0.25, -0.2) is 4.98 Å². The van der Waals surface area contributed by atoms with E-state index >= 15 is 0 Å². The first kappa shape index (κ1) is 14.1. The molecule has 0 radical (unpaired) electrons. The maximum Gasteiger partial charge on any atom is 0.128 e. The van der Waals surface area contributed by atoms with Crippen molar-refractivity contribution in [1.82, 2.24) is 9.97 Å². The van der Waals surface area contributed by atoms with Crippen LogP contribution >= 0.6 is 0 Å². The molecular formula is C16H19N3O. The van der Waals surface area contributed by atoms with Gasteiger partial charge in [0.15, 0.2) is 0 Å². The summed E-state index contributed by atoms with van der Waals surface area (Å²) in [6.07, 6.45) is 1.76. The van der Waals surface area contributed by atoms with Crippen molar-refractivity contribution in [3.63, 3.8) is 0 Å². The molecule has 0 bridgehead atoms. The van der Waals surface area contributed by atoms with Crippen LogP contribution in [0.4, 0.5) is 0 Å². The summed E-state index contributed by atoms with van der Waals surface area (Å²) >= 11 is 0. The number of nitriles is 1. The molecule has 1 unspecified atom stereocenters. The second-order valence-electron chi connectivity index (χ2n) is 5.24. The van der Waals surface area contributed by atoms with Crippen LogP contribution in [-0.4, -0.2) is 17.1 Å². The standard InChI is InChI=1S/C16H19N3O/c1-10(2)13(8-17)16-18-9-14(19-16)12-7-11(3)5-6-15(12)20-4/h5-7,9-10,13H,1-4H3,(H,18,19). The van der Waals surface area contributed by atoms with Crippen LogP contribution in [0.15, 0.2) is 24.4 Å². The molecule has 1 aromatic heterocycles. The van der Waals surface area contributed by atoms with Crippen molar-refractivity contribution in [2.45, 2.75) is 26.7 Å². The monoisotopic (exact) mass is 269 g/mol. The molecular weight excluding hydrogens is 250 g/mol. The molecule has 0 saturated carbocycles. The first-order chi connectivity index (χ1) is 9.56. The Morgan fingerprint density at radius 3 is 2.70 bits per heavy atom. The number of aromatic nitrogens is 2. The number of aryl methyl sites for hydroxylation is 1. The van der Waals surface area contributed by atoms with E-state index in [0.717, 1.165) is 22.6 Å². The predicted octanol–water partition coefficient (Wildman–Crippen LogP) is 3.66. The zero-order chi connectivity index (χ0) is 14.7. The minimum absolute atomic E-state index is 0.221. The van der Waals surface area contributed by atoms with Crippen LogP contribution in [0.2, 0.25) is 0 Å². The highest BCUT2D eigenvalue weighted by atomic mass is 16.5. The van der Waals surface area contributed by atoms with Gasteiger partial charge in [-0.3, -0.25) is 0 Å². The zero-order valence-electron chi connectivity index (χ0n) is 12.3. The molecule has 1 aromatic carbocycles. The van der Waals surface area contributed by atoms with Crippen LogP contribution in [0.5, 0.6) is 5.75 Å². The van der Waals surface area contributed by atoms with Gasteiger partial charge < -0.3 is 9.72 Å². The Morgan fingerprint density at radius 2 is 2.10 bits per heavy atom. The Hall–Kier alpha value is -2.28. The van der Waals surface area contributed by atoms with Crippen molar-refractivity contribution >= 4 is 0 Å². The molecule has 0 fully saturated rings. The summed E-state index contributed by atoms with van der Waals surface area (Å²) in [5.41, 5.74) is 2.99. The number of aromatic amines is 1. The van der Waals surface area contributed by atoms with Crippen LogP contribution < -0.4 is 4.74 Å². The average Bonchev–Trinajstić information content (AvgIpc) is 2.88. The lowest BCUT2D eigenvalue weighted by atomic mass is 9.97. The fourth-order valence-electron chi connectivity index (χ4n) is 2.19. The minimum Gasteiger partial charge on any atom is -0.496 e. The Bertz CT molecular complexity index is 637. The topological polar surface area (TPSA) is 61.7 Å². The first-order valence-corrected chi connectivity index (χ1v) is 6.66. The molecule has 0 aliphatic carbocycles. The zero-order valence-corrected chi connectivity index (χ0v) is 12.3. The van der Waals surface area contributed by atoms with E-state index in [-0.39, 0.29) is 11.8 Å². The number of methoxy groups -OCH3 is 1. The summed E-state index contributed by atoms with van der Waals surface area (Å²) in [7, 11) is 1.65. The molecule has 1 N–H and O–H groups in total. The number of nitrogens with zero attached hydrogens (tertiary/aromatic N) is 2. The van der Waals surface area contributed by atoms with Crippen molar-refractivity contribution in [2.24, 2.45) is 5.92 Å². The van der Waals surface area contributed by atoms with E-state index in [4.69, 9.17) is 4.74 Å². The Morgan fingerprint density at radius 1 is 1.35 bits per heavy atom. The number of rotatable bonds is 4. The second-order valence-corrected chi connectivity index (χ2v) is 5.24. The lowest BCUT2D eigenvalue weighted by Gasteiger charge is -2.10. The van der Waals surface area contributed by atoms with Crippen molar-refractivity contribution in [3.8, 4) is 23.1 Å². The van der Waals surface area contributed by atoms with Crippen LogP contribution in [0.25, 0.3) is 11.3 Å². The molecule has 2 aromatic rings. The average molecular weight is 269 g/mol. The molecule has 4 nitrogen and oxygen atoms in total. The summed E-state index contributed by atoms with van der Waals surface area (Å²) in [6.45, 7) is 6.07. The molecule has 1 heterocycles. The van der Waals surface area contributed by atoms with Gasteiger partial charge in [0, 0.05) is 5.56 Å². The highest BCUT2D eigenvalue weighted by Gasteiger charge is 2.19. The molecule has 20 heavy (non-hydrogen) atoms. The molecule has 4 heteroatoms. The highest BCUT2D eigenvalue weighted by Crippen LogP contribution is 2.31. The predicted molar refractivity (Wildman–Crippen MR) is 78.5 cm³/mol. The van der Waals surface area contributed by atoms with Crippen LogP contribution in [0, 0.1) is 24.2 Å². The molecule has 1 atom stereocenters. The summed E-state index contributed by atoms with van der Waals surface area (Å²) < 4.78 is 5.39. The van der Waals surface area contributed by atoms with Crippen LogP contribution in [-0.2, 0) is 0 Å². The van der Waals surface area contributed by atoms with Gasteiger partial charge in [0.05, 0.1) is 25.1 Å². The largest absolute Gasteiger partial charge is 0.496 e. The number of nitrogens with one attached hydrogen (secondary N) is 1. The molecule has 0 spiro atoms. The summed E-state index contributed by atoms with van der Waals surface area (Å²) in [4.78, 5) is 7.61. The van der Waals surface area contributed by atoms with E-state index in [2.05, 4.69) is 16.0 Å². The van der Waals surface area contributed by atoms with Gasteiger partial charge in [-0.15, -0.1) is 0 Å². The smallest absolute Gasteiger partial charge is 0.128 e. The molecule has 2 rings (SSSR count). The minimum atomic E-state index is -0.223. The van der Waals surface area contributed by atoms with Gasteiger partial charge in [0.2, 0.25) is 0 Å². The van der Waals surface area contributed by atoms with E-state index in [1.54, 1.807) is 13.3 Å². The quantitative estimate of drug-likeness (QED) is 0.921. The summed E-state index contributed by atoms with van der Waals surface area (Å²) in [5.74, 6) is 1.50. The van der Waals surface area contributed by atoms with Gasteiger partial charge in [-0.05, 0) is 25.0 Å². The summed E-state index contributed by atoms with van der Waals surface area (Å²) in [5, 5.41) is 9.24. The SMILES string of the molecule is COc1ccc(C)cc1-c1cnc(C(C#N)C(C)C)[nH]1. The van der Waals surface area contributed by atoms with Gasteiger partial charge in [-0.2, -0.15) is 5.26 Å². The third kappa shape index (κ3) is 2.67. The number of ether oxygens (including phenoxy) is 1. The molecule has 0 aliphatic rings. The summed E-state index contributed by atoms with van der Waals surface area (Å²) in [6, 6.07) is 8.29. The number of hydrogen-bond acceptors (Lipinski definition) is 3. The number of hydrogen-bond donors (Lipinski definition) is 1. The van der Waals surface area contributed by atoms with Crippen molar-refractivity contribution < 1.29 is 4.74 Å². The highest BCUT2D eigenvalue weighted by molar-refractivity contribution is 5.67. The van der Waals surface area contributed by atoms with E-state index in [0.29, 0.717) is 5.82 Å². The molecule has 104 valence electrons. The maximum absolute atomic E-state index is 9.24. The van der Waals surface area contributed by atoms with E-state index in [1.807, 2.05) is 39.0 Å². The Labute approximate surface area is 119 Å². The van der Waals surface area contributed by atoms with Crippen LogP contribution in [0.3, 0.4) is 0 Å². The van der Waals surface area contributed by atoms with Gasteiger partial charge in [0.1, 0.15) is 17.5 Å². The number of H-pyrrole nitrogens is 1.